The topological polar surface area (TPSA) is 87.9 Å². The second kappa shape index (κ2) is 13.1. The van der Waals surface area contributed by atoms with Gasteiger partial charge in [-0.3, -0.25) is 19.4 Å². The van der Waals surface area contributed by atoms with Crippen molar-refractivity contribution in [1.29, 1.82) is 0 Å². The predicted molar refractivity (Wildman–Crippen MR) is 134 cm³/mol. The fourth-order valence-corrected chi connectivity index (χ4v) is 4.52. The molecule has 4 rings (SSSR count). The van der Waals surface area contributed by atoms with Crippen LogP contribution in [0.25, 0.3) is 11.3 Å². The number of carbonyl (C=O) groups excluding carboxylic acids is 2. The van der Waals surface area contributed by atoms with Crippen LogP contribution in [-0.2, 0) is 19.9 Å². The van der Waals surface area contributed by atoms with Gasteiger partial charge in [0.1, 0.15) is 18.5 Å². The monoisotopic (exact) mass is 552 g/mol. The van der Waals surface area contributed by atoms with Gasteiger partial charge in [0, 0.05) is 44.7 Å². The first kappa shape index (κ1) is 30.1. The Balaban J connectivity index is 0.000000459. The van der Waals surface area contributed by atoms with E-state index in [1.165, 1.54) is 17.4 Å². The lowest BCUT2D eigenvalue weighted by Gasteiger charge is -2.42. The number of halogens is 4. The molecule has 3 heterocycles. The van der Waals surface area contributed by atoms with Crippen LogP contribution in [0.1, 0.15) is 32.6 Å². The van der Waals surface area contributed by atoms with Crippen molar-refractivity contribution in [1.82, 2.24) is 20.1 Å². The van der Waals surface area contributed by atoms with Crippen molar-refractivity contribution >= 4 is 12.4 Å². The van der Waals surface area contributed by atoms with Crippen LogP contribution in [0, 0.1) is 24.1 Å². The minimum Gasteiger partial charge on any atom is -0.461 e. The Hall–Kier alpha value is -3.43. The van der Waals surface area contributed by atoms with Crippen molar-refractivity contribution in [3.05, 3.63) is 42.2 Å². The predicted octanol–water partition coefficient (Wildman–Crippen LogP) is 3.58. The molecular formula is C27H32F4N4O4. The van der Waals surface area contributed by atoms with E-state index >= 15 is 0 Å². The lowest BCUT2D eigenvalue weighted by Crippen LogP contribution is -2.54. The summed E-state index contributed by atoms with van der Waals surface area (Å²) in [4.78, 5) is 30.3. The van der Waals surface area contributed by atoms with Gasteiger partial charge >= 0.3 is 12.1 Å². The summed E-state index contributed by atoms with van der Waals surface area (Å²) in [6.45, 7) is 7.17. The van der Waals surface area contributed by atoms with Crippen LogP contribution in [0.3, 0.4) is 0 Å². The number of oxazole rings is 1. The van der Waals surface area contributed by atoms with E-state index in [0.29, 0.717) is 24.5 Å². The highest BCUT2D eigenvalue weighted by Gasteiger charge is 2.38. The molecule has 0 unspecified atom stereocenters. The van der Waals surface area contributed by atoms with Gasteiger partial charge in [0.15, 0.2) is 5.76 Å². The molecule has 0 spiro atoms. The van der Waals surface area contributed by atoms with E-state index in [0.717, 1.165) is 38.3 Å². The first-order chi connectivity index (χ1) is 18.4. The molecule has 0 aliphatic carbocycles. The lowest BCUT2D eigenvalue weighted by molar-refractivity contribution is -0.145. The number of esters is 1. The van der Waals surface area contributed by atoms with Crippen LogP contribution in [0.2, 0.25) is 0 Å². The Labute approximate surface area is 224 Å². The normalized spacial score (nSPS) is 20.5. The summed E-state index contributed by atoms with van der Waals surface area (Å²) in [6.07, 6.45) is 3.84. The molecule has 2 saturated heterocycles. The summed E-state index contributed by atoms with van der Waals surface area (Å²) in [5.74, 6) is 3.24. The number of cyclic esters (lactones) is 1. The third-order valence-electron chi connectivity index (χ3n) is 6.70. The van der Waals surface area contributed by atoms with Gasteiger partial charge in [-0.2, -0.15) is 13.2 Å². The highest BCUT2D eigenvalue weighted by Crippen LogP contribution is 2.32. The molecule has 2 aliphatic heterocycles. The van der Waals surface area contributed by atoms with Crippen molar-refractivity contribution in [3.63, 3.8) is 0 Å². The molecule has 0 radical (unpaired) electrons. The number of rotatable bonds is 8. The van der Waals surface area contributed by atoms with Crippen molar-refractivity contribution in [2.24, 2.45) is 5.92 Å². The number of aromatic nitrogens is 1. The summed E-state index contributed by atoms with van der Waals surface area (Å²) in [5.41, 5.74) is 0.428. The van der Waals surface area contributed by atoms with Crippen LogP contribution < -0.4 is 5.32 Å². The highest BCUT2D eigenvalue weighted by molar-refractivity contribution is 5.75. The number of ether oxygens (including phenoxy) is 1. The summed E-state index contributed by atoms with van der Waals surface area (Å²) >= 11 is 0. The molecule has 1 N–H and O–H groups in total. The Bertz CT molecular complexity index is 1140. The maximum Gasteiger partial charge on any atom is 0.405 e. The van der Waals surface area contributed by atoms with Gasteiger partial charge in [-0.1, -0.05) is 0 Å². The maximum atomic E-state index is 13.2. The third-order valence-corrected chi connectivity index (χ3v) is 6.70. The molecule has 1 amide bonds. The van der Waals surface area contributed by atoms with Crippen molar-refractivity contribution in [2.45, 2.75) is 44.5 Å². The Morgan fingerprint density at radius 2 is 1.85 bits per heavy atom. The molecule has 2 aromatic rings. The summed E-state index contributed by atoms with van der Waals surface area (Å²) in [6, 6.07) is 6.21. The number of nitrogens with zero attached hydrogens (tertiary/aromatic N) is 3. The number of benzene rings is 1. The minimum atomic E-state index is -4.29. The van der Waals surface area contributed by atoms with Gasteiger partial charge in [-0.05, 0) is 44.5 Å². The van der Waals surface area contributed by atoms with Gasteiger partial charge in [-0.25, -0.2) is 9.37 Å². The number of nitrogens with one attached hydrogen (secondary N) is 1. The second-order valence-electron chi connectivity index (χ2n) is 9.90. The van der Waals surface area contributed by atoms with E-state index in [1.54, 1.807) is 18.3 Å². The number of carbonyl (C=O) groups is 2. The number of alkyl halides is 3. The zero-order chi connectivity index (χ0) is 28.6. The smallest absolute Gasteiger partial charge is 0.405 e. The van der Waals surface area contributed by atoms with Gasteiger partial charge in [0.2, 0.25) is 12.3 Å². The van der Waals surface area contributed by atoms with Crippen molar-refractivity contribution in [2.75, 3.05) is 39.3 Å². The van der Waals surface area contributed by atoms with E-state index < -0.39 is 12.7 Å². The number of hydrogen-bond donors (Lipinski definition) is 1. The molecule has 8 nitrogen and oxygen atoms in total. The SMILES string of the molecule is C#CC[C@@H]1C[C@@H](CN2CCN(C(C)(C)c3ncc(-c4ccc(F)cc4)o3)CC2)OC1=O.O=CNCC(F)(F)F. The lowest BCUT2D eigenvalue weighted by atomic mass is 10.0. The van der Waals surface area contributed by atoms with E-state index in [-0.39, 0.29) is 35.8 Å². The molecule has 12 heteroatoms. The van der Waals surface area contributed by atoms with Gasteiger partial charge in [0.05, 0.1) is 17.7 Å². The number of amides is 1. The largest absolute Gasteiger partial charge is 0.461 e. The molecular weight excluding hydrogens is 520 g/mol. The van der Waals surface area contributed by atoms with Gasteiger partial charge in [0.25, 0.3) is 0 Å². The van der Waals surface area contributed by atoms with Crippen molar-refractivity contribution in [3.8, 4) is 23.7 Å². The van der Waals surface area contributed by atoms with Crippen LogP contribution in [-0.4, -0.2) is 78.7 Å². The standard InChI is InChI=1S/C24H28FN3O3.C3H4F3NO/c1-4-5-18-14-20(30-22(18)29)16-27-10-12-28(13-11-27)24(2,3)23-26-15-21(31-23)17-6-8-19(25)9-7-17;4-3(5,6)1-7-2-8/h1,6-9,15,18,20H,5,10-14,16H2,2-3H3;2H,1H2,(H,7,8)/t18-,20+;/m1./s1. The van der Waals surface area contributed by atoms with Crippen LogP contribution in [0.15, 0.2) is 34.9 Å². The van der Waals surface area contributed by atoms with E-state index in [1.807, 2.05) is 0 Å². The fourth-order valence-electron chi connectivity index (χ4n) is 4.52. The Morgan fingerprint density at radius 1 is 1.18 bits per heavy atom. The fraction of sp³-hybridized carbons (Fsp3) is 0.519. The third kappa shape index (κ3) is 8.53. The molecule has 1 aromatic heterocycles. The number of terminal acetylenes is 1. The van der Waals surface area contributed by atoms with Gasteiger partial charge < -0.3 is 14.5 Å². The van der Waals surface area contributed by atoms with Crippen LogP contribution in [0.4, 0.5) is 17.6 Å². The first-order valence-electron chi connectivity index (χ1n) is 12.5. The second-order valence-corrected chi connectivity index (χ2v) is 9.90. The molecule has 0 saturated carbocycles. The van der Waals surface area contributed by atoms with Crippen molar-refractivity contribution < 1.29 is 36.3 Å². The quantitative estimate of drug-likeness (QED) is 0.232. The molecule has 1 aromatic carbocycles. The molecule has 2 fully saturated rings. The minimum absolute atomic E-state index is 0.00743. The van der Waals surface area contributed by atoms with E-state index in [4.69, 9.17) is 15.6 Å². The van der Waals surface area contributed by atoms with E-state index in [2.05, 4.69) is 34.6 Å². The number of piperazine rings is 1. The molecule has 0 bridgehead atoms. The highest BCUT2D eigenvalue weighted by atomic mass is 19.4. The summed E-state index contributed by atoms with van der Waals surface area (Å²) < 4.78 is 57.8. The Morgan fingerprint density at radius 3 is 2.41 bits per heavy atom. The van der Waals surface area contributed by atoms with E-state index in [9.17, 15) is 27.2 Å². The average molecular weight is 553 g/mol. The first-order valence-corrected chi connectivity index (χ1v) is 12.5. The molecule has 2 aliphatic rings. The zero-order valence-corrected chi connectivity index (χ0v) is 21.8. The van der Waals surface area contributed by atoms with Crippen LogP contribution in [0.5, 0.6) is 0 Å². The summed E-state index contributed by atoms with van der Waals surface area (Å²) in [5, 5.41) is 1.48. The zero-order valence-electron chi connectivity index (χ0n) is 21.8. The average Bonchev–Trinajstić information content (AvgIpc) is 3.51. The van der Waals surface area contributed by atoms with Crippen LogP contribution >= 0.6 is 0 Å². The maximum absolute atomic E-state index is 13.2. The molecule has 2 atom stereocenters. The summed E-state index contributed by atoms with van der Waals surface area (Å²) in [7, 11) is 0. The number of hydrogen-bond acceptors (Lipinski definition) is 7. The molecule has 212 valence electrons. The van der Waals surface area contributed by atoms with Gasteiger partial charge in [-0.15, -0.1) is 12.3 Å². The Kier molecular flexibility index (Phi) is 10.1. The molecule has 39 heavy (non-hydrogen) atoms.